The van der Waals surface area contributed by atoms with Crippen molar-refractivity contribution >= 4 is 11.6 Å². The first-order chi connectivity index (χ1) is 7.75. The molecule has 1 nitrogen and oxygen atoms in total. The minimum Gasteiger partial charge on any atom is -0.388 e. The van der Waals surface area contributed by atoms with Gasteiger partial charge in [0.05, 0.1) is 6.10 Å². The third-order valence-corrected chi connectivity index (χ3v) is 2.74. The molecule has 0 spiro atoms. The van der Waals surface area contributed by atoms with Gasteiger partial charge in [-0.1, -0.05) is 54.1 Å². The van der Waals surface area contributed by atoms with Gasteiger partial charge in [0.25, 0.3) is 0 Å². The molecule has 2 heteroatoms. The van der Waals surface area contributed by atoms with E-state index >= 15 is 0 Å². The first kappa shape index (κ1) is 11.2. The second-order valence-corrected chi connectivity index (χ2v) is 4.20. The van der Waals surface area contributed by atoms with E-state index in [0.29, 0.717) is 11.4 Å². The summed E-state index contributed by atoms with van der Waals surface area (Å²) in [5.41, 5.74) is 1.98. The van der Waals surface area contributed by atoms with Crippen molar-refractivity contribution in [3.05, 3.63) is 70.7 Å². The first-order valence-corrected chi connectivity index (χ1v) is 5.61. The quantitative estimate of drug-likeness (QED) is 0.857. The maximum Gasteiger partial charge on any atom is 0.0830 e. The molecular formula is C14H13ClO. The predicted octanol–water partition coefficient (Wildman–Crippen LogP) is 3.62. The lowest BCUT2D eigenvalue weighted by Crippen LogP contribution is -2.01. The van der Waals surface area contributed by atoms with Crippen LogP contribution >= 0.6 is 11.6 Å². The summed E-state index contributed by atoms with van der Waals surface area (Å²) in [4.78, 5) is 0. The van der Waals surface area contributed by atoms with Gasteiger partial charge in [0.2, 0.25) is 0 Å². The molecular weight excluding hydrogens is 220 g/mol. The molecule has 1 atom stereocenters. The summed E-state index contributed by atoms with van der Waals surface area (Å²) in [6.45, 7) is 0. The Kier molecular flexibility index (Phi) is 3.60. The van der Waals surface area contributed by atoms with E-state index in [-0.39, 0.29) is 0 Å². The average Bonchev–Trinajstić information content (AvgIpc) is 2.30. The topological polar surface area (TPSA) is 20.2 Å². The van der Waals surface area contributed by atoms with E-state index in [1.54, 1.807) is 12.1 Å². The summed E-state index contributed by atoms with van der Waals surface area (Å²) in [5, 5.41) is 10.7. The molecule has 1 unspecified atom stereocenters. The van der Waals surface area contributed by atoms with Crippen molar-refractivity contribution < 1.29 is 5.11 Å². The van der Waals surface area contributed by atoms with E-state index in [1.807, 2.05) is 42.5 Å². The van der Waals surface area contributed by atoms with Crippen LogP contribution in [0.4, 0.5) is 0 Å². The minimum absolute atomic E-state index is 0.499. The fourth-order valence-electron chi connectivity index (χ4n) is 1.67. The van der Waals surface area contributed by atoms with Gasteiger partial charge in [-0.3, -0.25) is 0 Å². The second kappa shape index (κ2) is 5.15. The maximum absolute atomic E-state index is 10.0. The summed E-state index contributed by atoms with van der Waals surface area (Å²) in [5.74, 6) is 0. The first-order valence-electron chi connectivity index (χ1n) is 5.23. The third-order valence-electron chi connectivity index (χ3n) is 2.51. The van der Waals surface area contributed by atoms with E-state index in [1.165, 1.54) is 0 Å². The molecule has 0 saturated heterocycles. The molecule has 0 fully saturated rings. The highest BCUT2D eigenvalue weighted by atomic mass is 35.5. The van der Waals surface area contributed by atoms with E-state index < -0.39 is 6.10 Å². The van der Waals surface area contributed by atoms with Crippen LogP contribution in [0.15, 0.2) is 54.6 Å². The average molecular weight is 233 g/mol. The van der Waals surface area contributed by atoms with Gasteiger partial charge in [-0.05, 0) is 23.3 Å². The van der Waals surface area contributed by atoms with Gasteiger partial charge in [-0.25, -0.2) is 0 Å². The fourth-order valence-corrected chi connectivity index (χ4v) is 1.87. The van der Waals surface area contributed by atoms with Crippen LogP contribution in [0.2, 0.25) is 5.02 Å². The number of hydrogen-bond acceptors (Lipinski definition) is 1. The minimum atomic E-state index is -0.499. The maximum atomic E-state index is 10.0. The van der Waals surface area contributed by atoms with Crippen molar-refractivity contribution in [1.29, 1.82) is 0 Å². The number of rotatable bonds is 3. The lowest BCUT2D eigenvalue weighted by Gasteiger charge is -2.11. The molecule has 0 amide bonds. The summed E-state index contributed by atoms with van der Waals surface area (Å²) >= 11 is 5.88. The van der Waals surface area contributed by atoms with Crippen molar-refractivity contribution in [2.45, 2.75) is 12.5 Å². The fraction of sp³-hybridized carbons (Fsp3) is 0.143. The number of aliphatic hydroxyl groups is 1. The Bertz CT molecular complexity index is 453. The SMILES string of the molecule is OC(Cc1ccccc1)c1cccc(Cl)c1. The second-order valence-electron chi connectivity index (χ2n) is 3.76. The van der Waals surface area contributed by atoms with Crippen molar-refractivity contribution in [2.75, 3.05) is 0 Å². The zero-order valence-corrected chi connectivity index (χ0v) is 9.56. The summed E-state index contributed by atoms with van der Waals surface area (Å²) in [6, 6.07) is 17.3. The molecule has 2 rings (SSSR count). The zero-order valence-electron chi connectivity index (χ0n) is 8.81. The summed E-state index contributed by atoms with van der Waals surface area (Å²) < 4.78 is 0. The predicted molar refractivity (Wildman–Crippen MR) is 66.6 cm³/mol. The Labute approximate surface area is 100 Å². The molecule has 82 valence electrons. The van der Waals surface area contributed by atoms with Crippen molar-refractivity contribution in [1.82, 2.24) is 0 Å². The molecule has 0 aromatic heterocycles. The van der Waals surface area contributed by atoms with Crippen LogP contribution in [-0.4, -0.2) is 5.11 Å². The molecule has 0 heterocycles. The van der Waals surface area contributed by atoms with Gasteiger partial charge < -0.3 is 5.11 Å². The van der Waals surface area contributed by atoms with E-state index in [9.17, 15) is 5.11 Å². The third kappa shape index (κ3) is 2.84. The molecule has 0 bridgehead atoms. The highest BCUT2D eigenvalue weighted by molar-refractivity contribution is 6.30. The van der Waals surface area contributed by atoms with Crippen LogP contribution < -0.4 is 0 Å². The number of aliphatic hydroxyl groups excluding tert-OH is 1. The van der Waals surface area contributed by atoms with Crippen LogP contribution in [0, 0.1) is 0 Å². The van der Waals surface area contributed by atoms with Crippen LogP contribution in [0.5, 0.6) is 0 Å². The summed E-state index contributed by atoms with van der Waals surface area (Å²) in [6.07, 6.45) is 0.113. The Morgan fingerprint density at radius 2 is 1.75 bits per heavy atom. The van der Waals surface area contributed by atoms with E-state index in [0.717, 1.165) is 11.1 Å². The lowest BCUT2D eigenvalue weighted by atomic mass is 10.0. The molecule has 16 heavy (non-hydrogen) atoms. The Morgan fingerprint density at radius 1 is 1.00 bits per heavy atom. The van der Waals surface area contributed by atoms with Crippen molar-refractivity contribution in [3.63, 3.8) is 0 Å². The molecule has 0 saturated carbocycles. The Hall–Kier alpha value is -1.31. The van der Waals surface area contributed by atoms with Crippen LogP contribution in [0.1, 0.15) is 17.2 Å². The molecule has 0 aliphatic rings. The van der Waals surface area contributed by atoms with Gasteiger partial charge in [0.15, 0.2) is 0 Å². The molecule has 2 aromatic carbocycles. The van der Waals surface area contributed by atoms with Gasteiger partial charge in [0, 0.05) is 11.4 Å². The van der Waals surface area contributed by atoms with Gasteiger partial charge in [-0.2, -0.15) is 0 Å². The van der Waals surface area contributed by atoms with Crippen LogP contribution in [0.3, 0.4) is 0 Å². The van der Waals surface area contributed by atoms with Crippen LogP contribution in [0.25, 0.3) is 0 Å². The molecule has 0 aliphatic heterocycles. The monoisotopic (exact) mass is 232 g/mol. The zero-order chi connectivity index (χ0) is 11.4. The van der Waals surface area contributed by atoms with Crippen molar-refractivity contribution in [3.8, 4) is 0 Å². The molecule has 2 aromatic rings. The lowest BCUT2D eigenvalue weighted by molar-refractivity contribution is 0.178. The standard InChI is InChI=1S/C14H13ClO/c15-13-8-4-7-12(10-13)14(16)9-11-5-2-1-3-6-11/h1-8,10,14,16H,9H2. The number of benzene rings is 2. The van der Waals surface area contributed by atoms with E-state index in [2.05, 4.69) is 0 Å². The highest BCUT2D eigenvalue weighted by Gasteiger charge is 2.08. The summed E-state index contributed by atoms with van der Waals surface area (Å²) in [7, 11) is 0. The molecule has 1 N–H and O–H groups in total. The van der Waals surface area contributed by atoms with Gasteiger partial charge in [-0.15, -0.1) is 0 Å². The van der Waals surface area contributed by atoms with Crippen LogP contribution in [-0.2, 0) is 6.42 Å². The van der Waals surface area contributed by atoms with E-state index in [4.69, 9.17) is 11.6 Å². The van der Waals surface area contributed by atoms with Gasteiger partial charge in [0.1, 0.15) is 0 Å². The largest absolute Gasteiger partial charge is 0.388 e. The molecule has 0 radical (unpaired) electrons. The van der Waals surface area contributed by atoms with Crippen molar-refractivity contribution in [2.24, 2.45) is 0 Å². The highest BCUT2D eigenvalue weighted by Crippen LogP contribution is 2.21. The number of hydrogen-bond donors (Lipinski definition) is 1. The van der Waals surface area contributed by atoms with Gasteiger partial charge >= 0.3 is 0 Å². The number of halogens is 1. The Balaban J connectivity index is 2.12. The normalized spacial score (nSPS) is 12.4. The Morgan fingerprint density at radius 3 is 2.44 bits per heavy atom. The molecule has 0 aliphatic carbocycles. The smallest absolute Gasteiger partial charge is 0.0830 e.